The number of carbonyl (C=O) groups excluding carboxylic acids is 2. The number of aromatic nitrogens is 4. The molecule has 0 radical (unpaired) electrons. The van der Waals surface area contributed by atoms with Crippen LogP contribution in [0, 0.1) is 11.3 Å². The Morgan fingerprint density at radius 1 is 1.14 bits per heavy atom. The van der Waals surface area contributed by atoms with Crippen LogP contribution in [0.5, 0.6) is 11.6 Å². The van der Waals surface area contributed by atoms with Crippen molar-refractivity contribution in [2.24, 2.45) is 0 Å². The number of amides is 2. The molecule has 0 saturated carbocycles. The molecule has 10 nitrogen and oxygen atoms in total. The van der Waals surface area contributed by atoms with Crippen LogP contribution in [0.15, 0.2) is 73.7 Å². The van der Waals surface area contributed by atoms with E-state index in [-0.39, 0.29) is 24.2 Å². The van der Waals surface area contributed by atoms with Crippen molar-refractivity contribution in [1.29, 1.82) is 5.26 Å². The number of anilines is 1. The fourth-order valence-electron chi connectivity index (χ4n) is 3.79. The van der Waals surface area contributed by atoms with Crippen molar-refractivity contribution in [2.45, 2.75) is 0 Å². The van der Waals surface area contributed by atoms with Crippen molar-refractivity contribution in [3.8, 4) is 28.8 Å². The Balaban J connectivity index is 1.45. The first kappa shape index (κ1) is 22.4. The van der Waals surface area contributed by atoms with Gasteiger partial charge in [-0.05, 0) is 30.3 Å². The number of nitriles is 1. The van der Waals surface area contributed by atoms with Gasteiger partial charge in [0.2, 0.25) is 11.8 Å². The van der Waals surface area contributed by atoms with E-state index in [0.29, 0.717) is 28.2 Å². The molecule has 0 saturated heterocycles. The number of nitrogens with one attached hydrogen (secondary N) is 4. The first-order valence-electron chi connectivity index (χ1n) is 10.9. The van der Waals surface area contributed by atoms with E-state index in [9.17, 15) is 9.59 Å². The fourth-order valence-corrected chi connectivity index (χ4v) is 3.79. The van der Waals surface area contributed by atoms with Gasteiger partial charge in [0.25, 0.3) is 5.91 Å². The summed E-state index contributed by atoms with van der Waals surface area (Å²) in [5.41, 5.74) is 4.67. The summed E-state index contributed by atoms with van der Waals surface area (Å²) >= 11 is 0. The molecule has 2 aromatic carbocycles. The highest BCUT2D eigenvalue weighted by Gasteiger charge is 2.16. The number of ether oxygens (including phenoxy) is 1. The Kier molecular flexibility index (Phi) is 5.86. The Hall–Kier alpha value is -5.43. The summed E-state index contributed by atoms with van der Waals surface area (Å²) in [4.78, 5) is 39.2. The Morgan fingerprint density at radius 2 is 2.00 bits per heavy atom. The van der Waals surface area contributed by atoms with Crippen molar-refractivity contribution >= 4 is 39.6 Å². The molecule has 5 rings (SSSR count). The molecule has 0 aliphatic carbocycles. The number of H-pyrrole nitrogens is 2. The number of rotatable bonds is 7. The normalized spacial score (nSPS) is 10.6. The van der Waals surface area contributed by atoms with Crippen LogP contribution in [-0.4, -0.2) is 38.3 Å². The van der Waals surface area contributed by atoms with Gasteiger partial charge in [-0.3, -0.25) is 9.59 Å². The van der Waals surface area contributed by atoms with Crippen LogP contribution >= 0.6 is 0 Å². The van der Waals surface area contributed by atoms with Gasteiger partial charge in [0.05, 0.1) is 12.3 Å². The summed E-state index contributed by atoms with van der Waals surface area (Å²) in [5.74, 6) is 0.130. The molecule has 0 aliphatic rings. The second kappa shape index (κ2) is 9.44. The minimum absolute atomic E-state index is 0.0565. The lowest BCUT2D eigenvalue weighted by atomic mass is 10.1. The molecule has 3 heterocycles. The molecule has 0 unspecified atom stereocenters. The van der Waals surface area contributed by atoms with Crippen molar-refractivity contribution in [3.05, 3.63) is 79.3 Å². The number of hydrogen-bond acceptors (Lipinski definition) is 6. The molecule has 4 N–H and O–H groups in total. The maximum absolute atomic E-state index is 12.2. The molecule has 0 bridgehead atoms. The summed E-state index contributed by atoms with van der Waals surface area (Å²) in [6.07, 6.45) is 6.36. The predicted molar refractivity (Wildman–Crippen MR) is 134 cm³/mol. The maximum atomic E-state index is 12.2. The van der Waals surface area contributed by atoms with Crippen molar-refractivity contribution in [1.82, 2.24) is 25.3 Å². The second-order valence-electron chi connectivity index (χ2n) is 7.73. The average Bonchev–Trinajstić information content (AvgIpc) is 3.50. The van der Waals surface area contributed by atoms with E-state index in [1.165, 1.54) is 12.3 Å². The molecule has 0 spiro atoms. The van der Waals surface area contributed by atoms with E-state index in [2.05, 4.69) is 37.1 Å². The fraction of sp³-hybridized carbons (Fsp3) is 0.0385. The summed E-state index contributed by atoms with van der Waals surface area (Å²) in [6.45, 7) is 3.39. The molecule has 5 aromatic rings. The number of carbonyl (C=O) groups is 2. The molecular formula is C26H19N7O3. The Bertz CT molecular complexity index is 1680. The monoisotopic (exact) mass is 477 g/mol. The Labute approximate surface area is 204 Å². The number of hydrogen-bond donors (Lipinski definition) is 4. The molecule has 10 heteroatoms. The van der Waals surface area contributed by atoms with Crippen molar-refractivity contribution < 1.29 is 14.3 Å². The van der Waals surface area contributed by atoms with Crippen molar-refractivity contribution in [2.75, 3.05) is 11.9 Å². The molecular weight excluding hydrogens is 458 g/mol. The highest BCUT2D eigenvalue weighted by atomic mass is 16.5. The largest absolute Gasteiger partial charge is 0.437 e. The average molecular weight is 477 g/mol. The quantitative estimate of drug-likeness (QED) is 0.203. The zero-order valence-corrected chi connectivity index (χ0v) is 18.8. The zero-order chi connectivity index (χ0) is 25.1. The third-order valence-electron chi connectivity index (χ3n) is 5.43. The van der Waals surface area contributed by atoms with Gasteiger partial charge in [-0.25, -0.2) is 9.97 Å². The molecule has 176 valence electrons. The highest BCUT2D eigenvalue weighted by Crippen LogP contribution is 2.34. The zero-order valence-electron chi connectivity index (χ0n) is 18.8. The number of aromatic amines is 2. The molecule has 0 fully saturated rings. The topological polar surface area (TPSA) is 149 Å². The van der Waals surface area contributed by atoms with Crippen LogP contribution in [0.2, 0.25) is 0 Å². The smallest absolute Gasteiger partial charge is 0.252 e. The van der Waals surface area contributed by atoms with Gasteiger partial charge < -0.3 is 25.3 Å². The number of nitrogens with zero attached hydrogens (tertiary/aromatic N) is 3. The summed E-state index contributed by atoms with van der Waals surface area (Å²) in [5, 5.41) is 14.8. The van der Waals surface area contributed by atoms with E-state index in [4.69, 9.17) is 10.00 Å². The summed E-state index contributed by atoms with van der Waals surface area (Å²) in [6, 6.07) is 14.1. The maximum Gasteiger partial charge on any atom is 0.252 e. The first-order chi connectivity index (χ1) is 17.6. The van der Waals surface area contributed by atoms with Crippen LogP contribution in [0.1, 0.15) is 10.4 Å². The minimum atomic E-state index is -0.320. The molecule has 36 heavy (non-hydrogen) atoms. The lowest BCUT2D eigenvalue weighted by Crippen LogP contribution is -2.23. The summed E-state index contributed by atoms with van der Waals surface area (Å²) < 4.78 is 5.91. The standard InChI is InChI=1S/C26H19N7O3/c1-2-22(34)32-16-4-3-5-17(11-16)36-23-14-31-25-24(33-23)20(13-30-25)19-12-29-21-10-15(6-7-18(19)21)26(35)28-9-8-27/h2-7,10-14,29H,1,9H2,(H,28,35)(H,30,31)(H,32,34). The lowest BCUT2D eigenvalue weighted by Gasteiger charge is -2.07. The van der Waals surface area contributed by atoms with Crippen LogP contribution in [0.25, 0.3) is 33.2 Å². The van der Waals surface area contributed by atoms with Gasteiger partial charge in [-0.15, -0.1) is 0 Å². The molecule has 3 aromatic heterocycles. The lowest BCUT2D eigenvalue weighted by molar-refractivity contribution is -0.111. The van der Waals surface area contributed by atoms with E-state index in [0.717, 1.165) is 22.0 Å². The molecule has 0 atom stereocenters. The van der Waals surface area contributed by atoms with E-state index >= 15 is 0 Å². The third-order valence-corrected chi connectivity index (χ3v) is 5.43. The molecule has 0 aliphatic heterocycles. The van der Waals surface area contributed by atoms with Gasteiger partial charge in [-0.2, -0.15) is 5.26 Å². The van der Waals surface area contributed by atoms with Gasteiger partial charge in [-0.1, -0.05) is 18.7 Å². The highest BCUT2D eigenvalue weighted by molar-refractivity contribution is 6.05. The SMILES string of the molecule is C=CC(=O)Nc1cccc(Oc2cnc3[nH]cc(-c4c[nH]c5cc(C(=O)NCC#N)ccc45)c3n2)c1. The predicted octanol–water partition coefficient (Wildman–Crippen LogP) is 4.28. The number of fused-ring (bicyclic) bond motifs is 2. The van der Waals surface area contributed by atoms with Gasteiger partial charge in [0.15, 0.2) is 5.65 Å². The van der Waals surface area contributed by atoms with Gasteiger partial charge in [0, 0.05) is 51.7 Å². The van der Waals surface area contributed by atoms with E-state index in [1.807, 2.05) is 24.5 Å². The van der Waals surface area contributed by atoms with Crippen LogP contribution in [0.4, 0.5) is 5.69 Å². The van der Waals surface area contributed by atoms with Gasteiger partial charge >= 0.3 is 0 Å². The van der Waals surface area contributed by atoms with Crippen LogP contribution in [0.3, 0.4) is 0 Å². The van der Waals surface area contributed by atoms with E-state index in [1.54, 1.807) is 36.4 Å². The van der Waals surface area contributed by atoms with E-state index < -0.39 is 0 Å². The first-order valence-corrected chi connectivity index (χ1v) is 10.9. The van der Waals surface area contributed by atoms with Crippen LogP contribution in [-0.2, 0) is 4.79 Å². The second-order valence-corrected chi connectivity index (χ2v) is 7.73. The van der Waals surface area contributed by atoms with Crippen LogP contribution < -0.4 is 15.4 Å². The summed E-state index contributed by atoms with van der Waals surface area (Å²) in [7, 11) is 0. The third kappa shape index (κ3) is 4.36. The number of benzene rings is 2. The molecule has 2 amide bonds. The Morgan fingerprint density at radius 3 is 2.83 bits per heavy atom. The minimum Gasteiger partial charge on any atom is -0.437 e. The van der Waals surface area contributed by atoms with Crippen molar-refractivity contribution in [3.63, 3.8) is 0 Å². The van der Waals surface area contributed by atoms with Gasteiger partial charge in [0.1, 0.15) is 17.8 Å².